The van der Waals surface area contributed by atoms with Crippen LogP contribution >= 0.6 is 0 Å². The average molecular weight is 268 g/mol. The van der Waals surface area contributed by atoms with Crippen molar-refractivity contribution in [1.29, 1.82) is 0 Å². The summed E-state index contributed by atoms with van der Waals surface area (Å²) in [4.78, 5) is 5.27. The van der Waals surface area contributed by atoms with E-state index in [0.717, 1.165) is 6.04 Å². The second kappa shape index (κ2) is 5.34. The van der Waals surface area contributed by atoms with Crippen LogP contribution in [0.3, 0.4) is 0 Å². The molecule has 0 radical (unpaired) electrons. The minimum absolute atomic E-state index is 0.0145. The first-order valence-electron chi connectivity index (χ1n) is 7.82. The fourth-order valence-corrected chi connectivity index (χ4v) is 3.19. The van der Waals surface area contributed by atoms with Gasteiger partial charge in [0.25, 0.3) is 0 Å². The van der Waals surface area contributed by atoms with Gasteiger partial charge < -0.3 is 4.74 Å². The topological polar surface area (TPSA) is 15.7 Å². The largest absolute Gasteiger partial charge is 0.373 e. The molecule has 0 atom stereocenters. The van der Waals surface area contributed by atoms with Crippen LogP contribution in [0.5, 0.6) is 0 Å². The highest BCUT2D eigenvalue weighted by atomic mass is 16.5. The lowest BCUT2D eigenvalue weighted by Gasteiger charge is -2.49. The Hall–Kier alpha value is -0.120. The van der Waals surface area contributed by atoms with Gasteiger partial charge in [0.15, 0.2) is 0 Å². The van der Waals surface area contributed by atoms with E-state index in [-0.39, 0.29) is 5.60 Å². The number of nitrogens with zero attached hydrogens (tertiary/aromatic N) is 2. The molecule has 1 saturated heterocycles. The predicted octanol–water partition coefficient (Wildman–Crippen LogP) is 2.75. The Morgan fingerprint density at radius 3 is 1.79 bits per heavy atom. The standard InChI is InChI=1S/C16H32N2O/c1-15(2,3)18-9-7-17(8-10-18)13-11-14(12-13)19-16(4,5)6/h13-14H,7-12H2,1-6H3. The smallest absolute Gasteiger partial charge is 0.0612 e. The van der Waals surface area contributed by atoms with Crippen molar-refractivity contribution < 1.29 is 4.74 Å². The van der Waals surface area contributed by atoms with Crippen molar-refractivity contribution in [2.45, 2.75) is 77.7 Å². The summed E-state index contributed by atoms with van der Waals surface area (Å²) in [5.74, 6) is 0. The molecule has 2 aliphatic rings. The van der Waals surface area contributed by atoms with E-state index in [1.54, 1.807) is 0 Å². The first-order valence-corrected chi connectivity index (χ1v) is 7.82. The van der Waals surface area contributed by atoms with E-state index in [1.807, 2.05) is 0 Å². The van der Waals surface area contributed by atoms with Crippen LogP contribution in [-0.2, 0) is 4.74 Å². The van der Waals surface area contributed by atoms with E-state index in [2.05, 4.69) is 51.3 Å². The average Bonchev–Trinajstić information content (AvgIpc) is 2.20. The van der Waals surface area contributed by atoms with E-state index in [1.165, 1.54) is 39.0 Å². The van der Waals surface area contributed by atoms with Gasteiger partial charge in [0, 0.05) is 37.8 Å². The molecule has 0 spiro atoms. The van der Waals surface area contributed by atoms with Gasteiger partial charge in [-0.15, -0.1) is 0 Å². The highest BCUT2D eigenvalue weighted by Gasteiger charge is 2.38. The normalized spacial score (nSPS) is 31.3. The van der Waals surface area contributed by atoms with Crippen LogP contribution in [-0.4, -0.2) is 59.3 Å². The van der Waals surface area contributed by atoms with Crippen molar-refractivity contribution in [3.05, 3.63) is 0 Å². The second-order valence-electron chi connectivity index (χ2n) is 8.17. The van der Waals surface area contributed by atoms with Gasteiger partial charge >= 0.3 is 0 Å². The SMILES string of the molecule is CC(C)(C)OC1CC(N2CCN(C(C)(C)C)CC2)C1. The van der Waals surface area contributed by atoms with Crippen LogP contribution in [0.2, 0.25) is 0 Å². The molecule has 0 aromatic heterocycles. The summed E-state index contributed by atoms with van der Waals surface area (Å²) in [6.07, 6.45) is 2.95. The van der Waals surface area contributed by atoms with E-state index >= 15 is 0 Å². The van der Waals surface area contributed by atoms with Gasteiger partial charge in [-0.2, -0.15) is 0 Å². The van der Waals surface area contributed by atoms with Crippen LogP contribution in [0.4, 0.5) is 0 Å². The number of hydrogen-bond donors (Lipinski definition) is 0. The van der Waals surface area contributed by atoms with Crippen molar-refractivity contribution in [1.82, 2.24) is 9.80 Å². The molecule has 2 fully saturated rings. The molecule has 1 aliphatic carbocycles. The number of ether oxygens (including phenoxy) is 1. The quantitative estimate of drug-likeness (QED) is 0.766. The van der Waals surface area contributed by atoms with Gasteiger partial charge in [0.05, 0.1) is 11.7 Å². The minimum atomic E-state index is 0.0145. The zero-order chi connectivity index (χ0) is 14.3. The zero-order valence-corrected chi connectivity index (χ0v) is 13.7. The van der Waals surface area contributed by atoms with Gasteiger partial charge in [-0.1, -0.05) is 0 Å². The van der Waals surface area contributed by atoms with Crippen LogP contribution in [0.1, 0.15) is 54.4 Å². The highest BCUT2D eigenvalue weighted by Crippen LogP contribution is 2.32. The van der Waals surface area contributed by atoms with Crippen LogP contribution < -0.4 is 0 Å². The Kier molecular flexibility index (Phi) is 4.29. The van der Waals surface area contributed by atoms with Gasteiger partial charge in [0.1, 0.15) is 0 Å². The zero-order valence-electron chi connectivity index (χ0n) is 13.7. The Balaban J connectivity index is 1.70. The molecular formula is C16H32N2O. The molecule has 1 heterocycles. The third-order valence-electron chi connectivity index (χ3n) is 4.37. The molecule has 3 nitrogen and oxygen atoms in total. The summed E-state index contributed by atoms with van der Waals surface area (Å²) in [5, 5.41) is 0. The first-order chi connectivity index (χ1) is 8.65. The van der Waals surface area contributed by atoms with Crippen molar-refractivity contribution in [2.75, 3.05) is 26.2 Å². The fraction of sp³-hybridized carbons (Fsp3) is 1.00. The maximum Gasteiger partial charge on any atom is 0.0612 e. The monoisotopic (exact) mass is 268 g/mol. The first kappa shape index (κ1) is 15.3. The molecule has 0 aromatic carbocycles. The molecule has 1 saturated carbocycles. The Morgan fingerprint density at radius 2 is 1.37 bits per heavy atom. The molecule has 0 aromatic rings. The summed E-state index contributed by atoms with van der Waals surface area (Å²) < 4.78 is 6.03. The molecule has 0 bridgehead atoms. The molecule has 0 unspecified atom stereocenters. The summed E-state index contributed by atoms with van der Waals surface area (Å²) in [5.41, 5.74) is 0.337. The molecule has 19 heavy (non-hydrogen) atoms. The summed E-state index contributed by atoms with van der Waals surface area (Å²) >= 11 is 0. The van der Waals surface area contributed by atoms with Crippen molar-refractivity contribution in [3.63, 3.8) is 0 Å². The van der Waals surface area contributed by atoms with Gasteiger partial charge in [-0.25, -0.2) is 0 Å². The summed E-state index contributed by atoms with van der Waals surface area (Å²) in [6.45, 7) is 18.3. The van der Waals surface area contributed by atoms with E-state index in [0.29, 0.717) is 11.6 Å². The fourth-order valence-electron chi connectivity index (χ4n) is 3.19. The lowest BCUT2D eigenvalue weighted by Crippen LogP contribution is -2.59. The minimum Gasteiger partial charge on any atom is -0.373 e. The van der Waals surface area contributed by atoms with Gasteiger partial charge in [-0.05, 0) is 54.4 Å². The molecular weight excluding hydrogens is 236 g/mol. The maximum atomic E-state index is 6.03. The summed E-state index contributed by atoms with van der Waals surface area (Å²) in [7, 11) is 0. The van der Waals surface area contributed by atoms with Crippen molar-refractivity contribution in [2.24, 2.45) is 0 Å². The summed E-state index contributed by atoms with van der Waals surface area (Å²) in [6, 6.07) is 0.773. The number of hydrogen-bond acceptors (Lipinski definition) is 3. The number of rotatable bonds is 2. The van der Waals surface area contributed by atoms with E-state index in [9.17, 15) is 0 Å². The third-order valence-corrected chi connectivity index (χ3v) is 4.37. The Labute approximate surface area is 119 Å². The lowest BCUT2D eigenvalue weighted by molar-refractivity contribution is -0.125. The maximum absolute atomic E-state index is 6.03. The van der Waals surface area contributed by atoms with Crippen LogP contribution in [0, 0.1) is 0 Å². The molecule has 1 aliphatic heterocycles. The second-order valence-corrected chi connectivity index (χ2v) is 8.17. The number of piperazine rings is 1. The van der Waals surface area contributed by atoms with E-state index < -0.39 is 0 Å². The van der Waals surface area contributed by atoms with E-state index in [4.69, 9.17) is 4.74 Å². The molecule has 112 valence electrons. The highest BCUT2D eigenvalue weighted by molar-refractivity contribution is 4.92. The molecule has 0 N–H and O–H groups in total. The lowest BCUT2D eigenvalue weighted by atomic mass is 9.86. The van der Waals surface area contributed by atoms with Crippen LogP contribution in [0.15, 0.2) is 0 Å². The molecule has 2 rings (SSSR count). The predicted molar refractivity (Wildman–Crippen MR) is 80.5 cm³/mol. The van der Waals surface area contributed by atoms with Crippen molar-refractivity contribution >= 4 is 0 Å². The van der Waals surface area contributed by atoms with Crippen LogP contribution in [0.25, 0.3) is 0 Å². The van der Waals surface area contributed by atoms with Gasteiger partial charge in [0.2, 0.25) is 0 Å². The molecule has 0 amide bonds. The molecule has 3 heteroatoms. The third kappa shape index (κ3) is 4.17. The Bertz CT molecular complexity index is 289. The Morgan fingerprint density at radius 1 is 0.842 bits per heavy atom. The van der Waals surface area contributed by atoms with Crippen molar-refractivity contribution in [3.8, 4) is 0 Å². The van der Waals surface area contributed by atoms with Gasteiger partial charge in [-0.3, -0.25) is 9.80 Å².